The number of carbonyl (C=O) groups is 1. The SMILES string of the molecule is O=C(CC1(O)CCCCC1)N1CCN(c2ccncc2)CC1. The summed E-state index contributed by atoms with van der Waals surface area (Å²) in [5, 5.41) is 10.5. The van der Waals surface area contributed by atoms with Gasteiger partial charge in [0.25, 0.3) is 0 Å². The summed E-state index contributed by atoms with van der Waals surface area (Å²) in [6.45, 7) is 3.15. The number of hydrogen-bond acceptors (Lipinski definition) is 4. The number of pyridine rings is 1. The fraction of sp³-hybridized carbons (Fsp3) is 0.647. The Kier molecular flexibility index (Phi) is 4.62. The van der Waals surface area contributed by atoms with Gasteiger partial charge in [0, 0.05) is 44.3 Å². The highest BCUT2D eigenvalue weighted by molar-refractivity contribution is 5.77. The predicted octanol–water partition coefficient (Wildman–Crippen LogP) is 1.82. The monoisotopic (exact) mass is 303 g/mol. The molecule has 2 aliphatic rings. The van der Waals surface area contributed by atoms with E-state index in [0.29, 0.717) is 6.42 Å². The Hall–Kier alpha value is -1.62. The highest BCUT2D eigenvalue weighted by Gasteiger charge is 2.34. The Balaban J connectivity index is 1.51. The quantitative estimate of drug-likeness (QED) is 0.925. The molecule has 1 N–H and O–H groups in total. The van der Waals surface area contributed by atoms with E-state index in [2.05, 4.69) is 9.88 Å². The molecule has 1 saturated carbocycles. The van der Waals surface area contributed by atoms with Gasteiger partial charge in [0.05, 0.1) is 12.0 Å². The van der Waals surface area contributed by atoms with Crippen molar-refractivity contribution in [3.63, 3.8) is 0 Å². The highest BCUT2D eigenvalue weighted by atomic mass is 16.3. The first-order valence-electron chi connectivity index (χ1n) is 8.31. The molecular formula is C17H25N3O2. The summed E-state index contributed by atoms with van der Waals surface area (Å²) in [5.74, 6) is 0.110. The number of amides is 1. The maximum absolute atomic E-state index is 12.5. The molecule has 1 amide bonds. The summed E-state index contributed by atoms with van der Waals surface area (Å²) in [7, 11) is 0. The molecule has 0 atom stereocenters. The van der Waals surface area contributed by atoms with Crippen molar-refractivity contribution in [1.29, 1.82) is 0 Å². The smallest absolute Gasteiger partial charge is 0.225 e. The van der Waals surface area contributed by atoms with Crippen LogP contribution in [0.4, 0.5) is 5.69 Å². The lowest BCUT2D eigenvalue weighted by molar-refractivity contribution is -0.138. The van der Waals surface area contributed by atoms with Crippen LogP contribution in [-0.2, 0) is 4.79 Å². The molecule has 1 aromatic heterocycles. The number of aliphatic hydroxyl groups is 1. The average Bonchev–Trinajstić information content (AvgIpc) is 2.56. The van der Waals surface area contributed by atoms with Gasteiger partial charge in [-0.15, -0.1) is 0 Å². The van der Waals surface area contributed by atoms with Crippen LogP contribution in [0.3, 0.4) is 0 Å². The first-order chi connectivity index (χ1) is 10.7. The normalized spacial score (nSPS) is 21.7. The van der Waals surface area contributed by atoms with Gasteiger partial charge in [-0.25, -0.2) is 0 Å². The van der Waals surface area contributed by atoms with Gasteiger partial charge in [0.15, 0.2) is 0 Å². The summed E-state index contributed by atoms with van der Waals surface area (Å²) in [6, 6.07) is 4.00. The van der Waals surface area contributed by atoms with Crippen LogP contribution < -0.4 is 4.90 Å². The van der Waals surface area contributed by atoms with Crippen LogP contribution in [0.15, 0.2) is 24.5 Å². The Morgan fingerprint density at radius 1 is 1.09 bits per heavy atom. The second kappa shape index (κ2) is 6.65. The third-order valence-electron chi connectivity index (χ3n) is 4.92. The van der Waals surface area contributed by atoms with Crippen LogP contribution in [-0.4, -0.2) is 52.7 Å². The molecule has 1 aromatic rings. The third-order valence-corrected chi connectivity index (χ3v) is 4.92. The molecule has 5 heteroatoms. The molecule has 2 heterocycles. The zero-order valence-corrected chi connectivity index (χ0v) is 13.1. The molecule has 0 radical (unpaired) electrons. The van der Waals surface area contributed by atoms with Crippen LogP contribution in [0.2, 0.25) is 0 Å². The summed E-state index contributed by atoms with van der Waals surface area (Å²) in [6.07, 6.45) is 8.70. The number of anilines is 1. The molecule has 2 fully saturated rings. The van der Waals surface area contributed by atoms with E-state index in [1.165, 1.54) is 6.42 Å². The molecule has 1 saturated heterocycles. The molecular weight excluding hydrogens is 278 g/mol. The number of aromatic nitrogens is 1. The molecule has 1 aliphatic heterocycles. The van der Waals surface area contributed by atoms with E-state index < -0.39 is 5.60 Å². The zero-order chi connectivity index (χ0) is 15.4. The minimum Gasteiger partial charge on any atom is -0.389 e. The lowest BCUT2D eigenvalue weighted by Gasteiger charge is -2.38. The van der Waals surface area contributed by atoms with E-state index >= 15 is 0 Å². The second-order valence-corrected chi connectivity index (χ2v) is 6.54. The van der Waals surface area contributed by atoms with Crippen LogP contribution in [0.1, 0.15) is 38.5 Å². The van der Waals surface area contributed by atoms with Crippen molar-refractivity contribution in [2.24, 2.45) is 0 Å². The third kappa shape index (κ3) is 3.58. The summed E-state index contributed by atoms with van der Waals surface area (Å²) in [4.78, 5) is 20.7. The summed E-state index contributed by atoms with van der Waals surface area (Å²) >= 11 is 0. The van der Waals surface area contributed by atoms with Crippen molar-refractivity contribution in [2.75, 3.05) is 31.1 Å². The first kappa shape index (κ1) is 15.3. The van der Waals surface area contributed by atoms with Crippen molar-refractivity contribution in [3.05, 3.63) is 24.5 Å². The van der Waals surface area contributed by atoms with Crippen LogP contribution >= 0.6 is 0 Å². The number of piperazine rings is 1. The summed E-state index contributed by atoms with van der Waals surface area (Å²) < 4.78 is 0. The minimum absolute atomic E-state index is 0.110. The Labute approximate surface area is 131 Å². The predicted molar refractivity (Wildman–Crippen MR) is 85.7 cm³/mol. The Bertz CT molecular complexity index is 492. The molecule has 3 rings (SSSR count). The van der Waals surface area contributed by atoms with Crippen LogP contribution in [0, 0.1) is 0 Å². The van der Waals surface area contributed by atoms with Gasteiger partial charge >= 0.3 is 0 Å². The van der Waals surface area contributed by atoms with Gasteiger partial charge in [0.1, 0.15) is 0 Å². The van der Waals surface area contributed by atoms with Gasteiger partial charge in [0.2, 0.25) is 5.91 Å². The highest BCUT2D eigenvalue weighted by Crippen LogP contribution is 2.31. The largest absolute Gasteiger partial charge is 0.389 e. The van der Waals surface area contributed by atoms with E-state index in [9.17, 15) is 9.90 Å². The average molecular weight is 303 g/mol. The second-order valence-electron chi connectivity index (χ2n) is 6.54. The van der Waals surface area contributed by atoms with Gasteiger partial charge in [-0.05, 0) is 25.0 Å². The number of rotatable bonds is 3. The van der Waals surface area contributed by atoms with Gasteiger partial charge in [-0.2, -0.15) is 0 Å². The van der Waals surface area contributed by atoms with Crippen molar-refractivity contribution < 1.29 is 9.90 Å². The maximum Gasteiger partial charge on any atom is 0.225 e. The first-order valence-corrected chi connectivity index (χ1v) is 8.31. The van der Waals surface area contributed by atoms with Gasteiger partial charge in [-0.1, -0.05) is 19.3 Å². The van der Waals surface area contributed by atoms with E-state index in [1.807, 2.05) is 17.0 Å². The van der Waals surface area contributed by atoms with Crippen molar-refractivity contribution in [2.45, 2.75) is 44.1 Å². The maximum atomic E-state index is 12.5. The van der Waals surface area contributed by atoms with Crippen molar-refractivity contribution in [1.82, 2.24) is 9.88 Å². The lowest BCUT2D eigenvalue weighted by atomic mass is 9.82. The molecule has 1 aliphatic carbocycles. The van der Waals surface area contributed by atoms with Crippen LogP contribution in [0.5, 0.6) is 0 Å². The Morgan fingerprint density at radius 3 is 2.36 bits per heavy atom. The Morgan fingerprint density at radius 2 is 1.73 bits per heavy atom. The van der Waals surface area contributed by atoms with Gasteiger partial charge in [-0.3, -0.25) is 9.78 Å². The van der Waals surface area contributed by atoms with E-state index in [-0.39, 0.29) is 5.91 Å². The minimum atomic E-state index is -0.752. The van der Waals surface area contributed by atoms with Gasteiger partial charge < -0.3 is 14.9 Å². The fourth-order valence-corrected chi connectivity index (χ4v) is 3.55. The number of nitrogens with zero attached hydrogens (tertiary/aromatic N) is 3. The molecule has 5 nitrogen and oxygen atoms in total. The molecule has 0 unspecified atom stereocenters. The summed E-state index contributed by atoms with van der Waals surface area (Å²) in [5.41, 5.74) is 0.408. The van der Waals surface area contributed by atoms with Crippen LogP contribution in [0.25, 0.3) is 0 Å². The number of carbonyl (C=O) groups excluding carboxylic acids is 1. The fourth-order valence-electron chi connectivity index (χ4n) is 3.55. The van der Waals surface area contributed by atoms with E-state index in [0.717, 1.165) is 57.5 Å². The standard InChI is InChI=1S/C17H25N3O2/c21-16(14-17(22)6-2-1-3-7-17)20-12-10-19(11-13-20)15-4-8-18-9-5-15/h4-5,8-9,22H,1-3,6-7,10-14H2. The lowest BCUT2D eigenvalue weighted by Crippen LogP contribution is -2.50. The van der Waals surface area contributed by atoms with Crippen molar-refractivity contribution in [3.8, 4) is 0 Å². The molecule has 0 spiro atoms. The van der Waals surface area contributed by atoms with E-state index in [4.69, 9.17) is 0 Å². The molecule has 0 aromatic carbocycles. The molecule has 22 heavy (non-hydrogen) atoms. The number of hydrogen-bond donors (Lipinski definition) is 1. The van der Waals surface area contributed by atoms with Crippen molar-refractivity contribution >= 4 is 11.6 Å². The zero-order valence-electron chi connectivity index (χ0n) is 13.1. The van der Waals surface area contributed by atoms with E-state index in [1.54, 1.807) is 12.4 Å². The molecule has 0 bridgehead atoms. The molecule has 120 valence electrons. The topological polar surface area (TPSA) is 56.7 Å².